The number of likely N-dealkylation sites (N-methyl/N-ethyl adjacent to an activating group) is 1. The Morgan fingerprint density at radius 1 is 1.50 bits per heavy atom. The quantitative estimate of drug-likeness (QED) is 0.717. The first-order chi connectivity index (χ1) is 7.67. The predicted molar refractivity (Wildman–Crippen MR) is 66.7 cm³/mol. The zero-order valence-electron chi connectivity index (χ0n) is 10.1. The maximum Gasteiger partial charge on any atom is 0.129 e. The lowest BCUT2D eigenvalue weighted by Crippen LogP contribution is -2.35. The fourth-order valence-corrected chi connectivity index (χ4v) is 1.85. The number of rotatable bonds is 6. The summed E-state index contributed by atoms with van der Waals surface area (Å²) in [5.41, 5.74) is 0.998. The summed E-state index contributed by atoms with van der Waals surface area (Å²) in [7, 11) is 1.72. The van der Waals surface area contributed by atoms with Crippen LogP contribution >= 0.6 is 11.6 Å². The van der Waals surface area contributed by atoms with Gasteiger partial charge < -0.3 is 4.74 Å². The van der Waals surface area contributed by atoms with Crippen LogP contribution in [0.4, 0.5) is 0 Å². The number of nitrogens with zero attached hydrogens (tertiary/aromatic N) is 2. The van der Waals surface area contributed by atoms with E-state index in [4.69, 9.17) is 16.3 Å². The van der Waals surface area contributed by atoms with Gasteiger partial charge in [-0.05, 0) is 25.6 Å². The van der Waals surface area contributed by atoms with Crippen LogP contribution < -0.4 is 0 Å². The molecule has 0 saturated heterocycles. The molecule has 3 nitrogen and oxygen atoms in total. The smallest absolute Gasteiger partial charge is 0.129 e. The Morgan fingerprint density at radius 2 is 2.25 bits per heavy atom. The molecular formula is C12H19ClN2O. The molecule has 0 radical (unpaired) electrons. The van der Waals surface area contributed by atoms with Gasteiger partial charge in [-0.1, -0.05) is 24.6 Å². The summed E-state index contributed by atoms with van der Waals surface area (Å²) in [4.78, 5) is 6.59. The van der Waals surface area contributed by atoms with Gasteiger partial charge in [-0.25, -0.2) is 4.98 Å². The second-order valence-corrected chi connectivity index (χ2v) is 4.21. The van der Waals surface area contributed by atoms with Crippen molar-refractivity contribution in [3.05, 3.63) is 29.0 Å². The number of hydrogen-bond acceptors (Lipinski definition) is 3. The number of pyridine rings is 1. The van der Waals surface area contributed by atoms with E-state index < -0.39 is 0 Å². The normalized spacial score (nSPS) is 13.1. The van der Waals surface area contributed by atoms with Crippen molar-refractivity contribution in [3.63, 3.8) is 0 Å². The molecule has 0 aromatic carbocycles. The monoisotopic (exact) mass is 242 g/mol. The molecule has 0 aliphatic rings. The lowest BCUT2D eigenvalue weighted by Gasteiger charge is -2.26. The van der Waals surface area contributed by atoms with Gasteiger partial charge in [-0.15, -0.1) is 0 Å². The standard InChI is InChI=1S/C12H19ClN2O/c1-4-15(10(2)9-16-3)8-11-6-5-7-12(13)14-11/h5-7,10H,4,8-9H2,1-3H3. The van der Waals surface area contributed by atoms with E-state index in [9.17, 15) is 0 Å². The van der Waals surface area contributed by atoms with Crippen LogP contribution in [0, 0.1) is 0 Å². The number of aromatic nitrogens is 1. The van der Waals surface area contributed by atoms with Crippen LogP contribution in [0.5, 0.6) is 0 Å². The Morgan fingerprint density at radius 3 is 2.81 bits per heavy atom. The average Bonchev–Trinajstić information content (AvgIpc) is 2.26. The second-order valence-electron chi connectivity index (χ2n) is 3.82. The van der Waals surface area contributed by atoms with Crippen molar-refractivity contribution in [2.45, 2.75) is 26.4 Å². The summed E-state index contributed by atoms with van der Waals surface area (Å²) in [6.07, 6.45) is 0. The molecule has 4 heteroatoms. The summed E-state index contributed by atoms with van der Waals surface area (Å²) in [6, 6.07) is 6.10. The molecule has 0 fully saturated rings. The minimum Gasteiger partial charge on any atom is -0.383 e. The van der Waals surface area contributed by atoms with Gasteiger partial charge in [0.25, 0.3) is 0 Å². The van der Waals surface area contributed by atoms with E-state index in [1.165, 1.54) is 0 Å². The van der Waals surface area contributed by atoms with Crippen molar-refractivity contribution in [2.24, 2.45) is 0 Å². The Labute approximate surface area is 102 Å². The van der Waals surface area contributed by atoms with Crippen molar-refractivity contribution < 1.29 is 4.74 Å². The van der Waals surface area contributed by atoms with Gasteiger partial charge in [0.1, 0.15) is 5.15 Å². The topological polar surface area (TPSA) is 25.4 Å². The van der Waals surface area contributed by atoms with Crippen LogP contribution in [-0.2, 0) is 11.3 Å². The number of ether oxygens (including phenoxy) is 1. The molecule has 0 aliphatic heterocycles. The molecule has 0 aliphatic carbocycles. The Hall–Kier alpha value is -0.640. The van der Waals surface area contributed by atoms with Gasteiger partial charge in [0, 0.05) is 19.7 Å². The highest BCUT2D eigenvalue weighted by Crippen LogP contribution is 2.09. The van der Waals surface area contributed by atoms with E-state index in [2.05, 4.69) is 23.7 Å². The summed E-state index contributed by atoms with van der Waals surface area (Å²) >= 11 is 5.86. The summed E-state index contributed by atoms with van der Waals surface area (Å²) in [6.45, 7) is 6.79. The number of methoxy groups -OCH3 is 1. The maximum atomic E-state index is 5.86. The lowest BCUT2D eigenvalue weighted by molar-refractivity contribution is 0.0974. The number of halogens is 1. The lowest BCUT2D eigenvalue weighted by atomic mass is 10.2. The van der Waals surface area contributed by atoms with Crippen LogP contribution in [0.25, 0.3) is 0 Å². The third-order valence-electron chi connectivity index (χ3n) is 2.58. The third kappa shape index (κ3) is 4.08. The maximum absolute atomic E-state index is 5.86. The van der Waals surface area contributed by atoms with Gasteiger partial charge in [0.15, 0.2) is 0 Å². The van der Waals surface area contributed by atoms with E-state index in [0.717, 1.165) is 25.4 Å². The first-order valence-corrected chi connectivity index (χ1v) is 5.89. The van der Waals surface area contributed by atoms with E-state index in [0.29, 0.717) is 11.2 Å². The molecule has 1 heterocycles. The fraction of sp³-hybridized carbons (Fsp3) is 0.583. The molecule has 0 N–H and O–H groups in total. The zero-order chi connectivity index (χ0) is 12.0. The molecule has 1 unspecified atom stereocenters. The van der Waals surface area contributed by atoms with Crippen molar-refractivity contribution in [1.82, 2.24) is 9.88 Å². The molecular weight excluding hydrogens is 224 g/mol. The van der Waals surface area contributed by atoms with Crippen LogP contribution in [0.1, 0.15) is 19.5 Å². The highest BCUT2D eigenvalue weighted by molar-refractivity contribution is 6.29. The molecule has 1 rings (SSSR count). The van der Waals surface area contributed by atoms with Gasteiger partial charge in [0.05, 0.1) is 12.3 Å². The van der Waals surface area contributed by atoms with E-state index >= 15 is 0 Å². The Balaban J connectivity index is 2.62. The third-order valence-corrected chi connectivity index (χ3v) is 2.79. The average molecular weight is 243 g/mol. The summed E-state index contributed by atoms with van der Waals surface area (Å²) < 4.78 is 5.16. The highest BCUT2D eigenvalue weighted by atomic mass is 35.5. The molecule has 1 aromatic heterocycles. The van der Waals surface area contributed by atoms with Crippen molar-refractivity contribution in [1.29, 1.82) is 0 Å². The van der Waals surface area contributed by atoms with E-state index in [1.54, 1.807) is 13.2 Å². The Kier molecular flexibility index (Phi) is 5.74. The molecule has 1 atom stereocenters. The Bertz CT molecular complexity index is 320. The van der Waals surface area contributed by atoms with Crippen LogP contribution in [0.15, 0.2) is 18.2 Å². The van der Waals surface area contributed by atoms with Crippen LogP contribution in [0.2, 0.25) is 5.15 Å². The van der Waals surface area contributed by atoms with Crippen molar-refractivity contribution in [2.75, 3.05) is 20.3 Å². The first-order valence-electron chi connectivity index (χ1n) is 5.51. The fourth-order valence-electron chi connectivity index (χ4n) is 1.67. The molecule has 0 spiro atoms. The van der Waals surface area contributed by atoms with Gasteiger partial charge in [-0.3, -0.25) is 4.90 Å². The molecule has 16 heavy (non-hydrogen) atoms. The van der Waals surface area contributed by atoms with Crippen LogP contribution in [-0.4, -0.2) is 36.2 Å². The highest BCUT2D eigenvalue weighted by Gasteiger charge is 2.12. The minimum absolute atomic E-state index is 0.385. The van der Waals surface area contributed by atoms with Crippen LogP contribution in [0.3, 0.4) is 0 Å². The zero-order valence-corrected chi connectivity index (χ0v) is 10.9. The summed E-state index contributed by atoms with van der Waals surface area (Å²) in [5.74, 6) is 0. The van der Waals surface area contributed by atoms with Gasteiger partial charge in [0.2, 0.25) is 0 Å². The molecule has 1 aromatic rings. The largest absolute Gasteiger partial charge is 0.383 e. The molecule has 0 saturated carbocycles. The predicted octanol–water partition coefficient (Wildman–Crippen LogP) is 2.59. The molecule has 0 bridgehead atoms. The number of hydrogen-bond donors (Lipinski definition) is 0. The second kappa shape index (κ2) is 6.84. The first kappa shape index (κ1) is 13.4. The van der Waals surface area contributed by atoms with Crippen molar-refractivity contribution >= 4 is 11.6 Å². The van der Waals surface area contributed by atoms with Gasteiger partial charge in [-0.2, -0.15) is 0 Å². The van der Waals surface area contributed by atoms with Gasteiger partial charge >= 0.3 is 0 Å². The van der Waals surface area contributed by atoms with E-state index in [-0.39, 0.29) is 0 Å². The summed E-state index contributed by atoms with van der Waals surface area (Å²) in [5, 5.41) is 0.549. The SMILES string of the molecule is CCN(Cc1cccc(Cl)n1)C(C)COC. The van der Waals surface area contributed by atoms with E-state index in [1.807, 2.05) is 12.1 Å². The minimum atomic E-state index is 0.385. The molecule has 90 valence electrons. The van der Waals surface area contributed by atoms with Crippen molar-refractivity contribution in [3.8, 4) is 0 Å². The molecule has 0 amide bonds.